The fourth-order valence-electron chi connectivity index (χ4n) is 2.33. The second kappa shape index (κ2) is 3.96. The molecule has 18 heavy (non-hydrogen) atoms. The van der Waals surface area contributed by atoms with Crippen molar-refractivity contribution in [3.8, 4) is 0 Å². The Hall–Kier alpha value is -2.13. The lowest BCUT2D eigenvalue weighted by molar-refractivity contribution is -0.154. The van der Waals surface area contributed by atoms with Crippen LogP contribution in [-0.2, 0) is 15.3 Å². The normalized spacial score (nSPS) is 21.5. The van der Waals surface area contributed by atoms with Crippen LogP contribution in [0.25, 0.3) is 0 Å². The van der Waals surface area contributed by atoms with E-state index in [0.717, 1.165) is 11.1 Å². The Kier molecular flexibility index (Phi) is 2.42. The summed E-state index contributed by atoms with van der Waals surface area (Å²) in [6, 6.07) is 16.8. The highest BCUT2D eigenvalue weighted by Gasteiger charge is 2.47. The lowest BCUT2D eigenvalue weighted by atomic mass is 9.95. The molecule has 0 N–H and O–H groups in total. The average molecular weight is 240 g/mol. The highest BCUT2D eigenvalue weighted by molar-refractivity contribution is 5.95. The molecule has 0 unspecified atom stereocenters. The molecule has 2 aromatic rings. The van der Waals surface area contributed by atoms with Gasteiger partial charge in [0.15, 0.2) is 0 Å². The van der Waals surface area contributed by atoms with E-state index in [-0.39, 0.29) is 5.97 Å². The molecule has 0 spiro atoms. The van der Waals surface area contributed by atoms with E-state index in [1.807, 2.05) is 48.5 Å². The zero-order valence-electron chi connectivity index (χ0n) is 9.92. The minimum atomic E-state index is -1.12. The van der Waals surface area contributed by atoms with Crippen molar-refractivity contribution in [3.05, 3.63) is 71.3 Å². The standard InChI is InChI=1S/C15H12O3/c1-17-15(11-7-3-2-4-8-11)13-10-6-5-9-12(13)14(16)18-15/h2-10H,1H3/t15-/m1/s1. The summed E-state index contributed by atoms with van der Waals surface area (Å²) in [6.45, 7) is 0. The molecule has 90 valence electrons. The van der Waals surface area contributed by atoms with Gasteiger partial charge in [-0.05, 0) is 6.07 Å². The van der Waals surface area contributed by atoms with Crippen LogP contribution in [0.1, 0.15) is 21.5 Å². The van der Waals surface area contributed by atoms with Crippen LogP contribution in [-0.4, -0.2) is 13.1 Å². The topological polar surface area (TPSA) is 35.5 Å². The SMILES string of the molecule is CO[C@]1(c2ccccc2)OC(=O)c2ccccc21. The predicted molar refractivity (Wildman–Crippen MR) is 66.1 cm³/mol. The van der Waals surface area contributed by atoms with Crippen LogP contribution in [0.15, 0.2) is 54.6 Å². The van der Waals surface area contributed by atoms with Gasteiger partial charge in [0.1, 0.15) is 0 Å². The van der Waals surface area contributed by atoms with E-state index in [0.29, 0.717) is 5.56 Å². The first-order valence-electron chi connectivity index (χ1n) is 5.71. The quantitative estimate of drug-likeness (QED) is 0.757. The summed E-state index contributed by atoms with van der Waals surface area (Å²) < 4.78 is 11.0. The Bertz CT molecular complexity index is 592. The molecule has 3 nitrogen and oxygen atoms in total. The lowest BCUT2D eigenvalue weighted by Crippen LogP contribution is -2.29. The van der Waals surface area contributed by atoms with Gasteiger partial charge in [-0.1, -0.05) is 48.5 Å². The van der Waals surface area contributed by atoms with Crippen molar-refractivity contribution in [2.75, 3.05) is 7.11 Å². The van der Waals surface area contributed by atoms with Gasteiger partial charge in [-0.25, -0.2) is 4.79 Å². The van der Waals surface area contributed by atoms with Gasteiger partial charge in [-0.3, -0.25) is 0 Å². The van der Waals surface area contributed by atoms with Gasteiger partial charge >= 0.3 is 5.97 Å². The molecule has 3 heteroatoms. The molecule has 3 rings (SSSR count). The minimum absolute atomic E-state index is 0.351. The summed E-state index contributed by atoms with van der Waals surface area (Å²) in [5.74, 6) is -1.47. The van der Waals surface area contributed by atoms with E-state index in [1.165, 1.54) is 0 Å². The fourth-order valence-corrected chi connectivity index (χ4v) is 2.33. The van der Waals surface area contributed by atoms with Gasteiger partial charge < -0.3 is 9.47 Å². The fraction of sp³-hybridized carbons (Fsp3) is 0.133. The predicted octanol–water partition coefficient (Wildman–Crippen LogP) is 2.70. The maximum absolute atomic E-state index is 11.9. The van der Waals surface area contributed by atoms with Gasteiger partial charge in [-0.15, -0.1) is 0 Å². The second-order valence-electron chi connectivity index (χ2n) is 4.12. The molecule has 1 heterocycles. The van der Waals surface area contributed by atoms with E-state index in [2.05, 4.69) is 0 Å². The van der Waals surface area contributed by atoms with Gasteiger partial charge in [-0.2, -0.15) is 0 Å². The van der Waals surface area contributed by atoms with E-state index in [4.69, 9.17) is 9.47 Å². The molecule has 2 aromatic carbocycles. The van der Waals surface area contributed by atoms with E-state index < -0.39 is 5.79 Å². The van der Waals surface area contributed by atoms with Gasteiger partial charge in [0.05, 0.1) is 5.56 Å². The number of esters is 1. The van der Waals surface area contributed by atoms with Crippen LogP contribution >= 0.6 is 0 Å². The summed E-state index contributed by atoms with van der Waals surface area (Å²) in [5, 5.41) is 0. The number of hydrogen-bond acceptors (Lipinski definition) is 3. The zero-order valence-corrected chi connectivity index (χ0v) is 9.92. The number of rotatable bonds is 2. The number of cyclic esters (lactones) is 1. The van der Waals surface area contributed by atoms with Crippen molar-refractivity contribution in [1.29, 1.82) is 0 Å². The monoisotopic (exact) mass is 240 g/mol. The summed E-state index contributed by atoms with van der Waals surface area (Å²) in [5.41, 5.74) is 2.12. The first-order valence-corrected chi connectivity index (χ1v) is 5.71. The Morgan fingerprint density at radius 3 is 2.39 bits per heavy atom. The third kappa shape index (κ3) is 1.38. The molecular weight excluding hydrogens is 228 g/mol. The van der Waals surface area contributed by atoms with Crippen molar-refractivity contribution >= 4 is 5.97 Å². The number of benzene rings is 2. The molecule has 0 fully saturated rings. The molecule has 0 amide bonds. The third-order valence-electron chi connectivity index (χ3n) is 3.18. The molecular formula is C15H12O3. The van der Waals surface area contributed by atoms with Gasteiger partial charge in [0.2, 0.25) is 0 Å². The number of fused-ring (bicyclic) bond motifs is 1. The van der Waals surface area contributed by atoms with Crippen LogP contribution in [0.2, 0.25) is 0 Å². The third-order valence-corrected chi connectivity index (χ3v) is 3.18. The van der Waals surface area contributed by atoms with E-state index in [9.17, 15) is 4.79 Å². The van der Waals surface area contributed by atoms with Crippen molar-refractivity contribution < 1.29 is 14.3 Å². The largest absolute Gasteiger partial charge is 0.420 e. The first-order chi connectivity index (χ1) is 8.78. The number of carbonyl (C=O) groups is 1. The maximum Gasteiger partial charge on any atom is 0.341 e. The van der Waals surface area contributed by atoms with Crippen molar-refractivity contribution in [2.24, 2.45) is 0 Å². The first kappa shape index (κ1) is 11.0. The second-order valence-corrected chi connectivity index (χ2v) is 4.12. The lowest BCUT2D eigenvalue weighted by Gasteiger charge is -2.27. The molecule has 1 aliphatic rings. The molecule has 0 aromatic heterocycles. The van der Waals surface area contributed by atoms with Crippen LogP contribution in [0, 0.1) is 0 Å². The molecule has 0 aliphatic carbocycles. The molecule has 1 atom stereocenters. The van der Waals surface area contributed by atoms with Crippen LogP contribution in [0.4, 0.5) is 0 Å². The van der Waals surface area contributed by atoms with Crippen molar-refractivity contribution in [2.45, 2.75) is 5.79 Å². The molecule has 1 aliphatic heterocycles. The molecule has 0 saturated heterocycles. The van der Waals surface area contributed by atoms with E-state index >= 15 is 0 Å². The molecule has 0 radical (unpaired) electrons. The summed E-state index contributed by atoms with van der Waals surface area (Å²) >= 11 is 0. The van der Waals surface area contributed by atoms with Crippen LogP contribution < -0.4 is 0 Å². The highest BCUT2D eigenvalue weighted by Crippen LogP contribution is 2.42. The molecule has 0 saturated carbocycles. The summed E-state index contributed by atoms with van der Waals surface area (Å²) in [7, 11) is 1.54. The van der Waals surface area contributed by atoms with Crippen LogP contribution in [0.3, 0.4) is 0 Å². The number of hydrogen-bond donors (Lipinski definition) is 0. The summed E-state index contributed by atoms with van der Waals surface area (Å²) in [6.07, 6.45) is 0. The minimum Gasteiger partial charge on any atom is -0.420 e. The molecule has 0 bridgehead atoms. The van der Waals surface area contributed by atoms with Gasteiger partial charge in [0.25, 0.3) is 5.79 Å². The van der Waals surface area contributed by atoms with Crippen LogP contribution in [0.5, 0.6) is 0 Å². The Labute approximate surface area is 105 Å². The Morgan fingerprint density at radius 2 is 1.67 bits per heavy atom. The smallest absolute Gasteiger partial charge is 0.341 e. The number of methoxy groups -OCH3 is 1. The maximum atomic E-state index is 11.9. The highest BCUT2D eigenvalue weighted by atomic mass is 16.7. The number of carbonyl (C=O) groups excluding carboxylic acids is 1. The van der Waals surface area contributed by atoms with Crippen molar-refractivity contribution in [3.63, 3.8) is 0 Å². The van der Waals surface area contributed by atoms with Gasteiger partial charge in [0, 0.05) is 18.2 Å². The zero-order chi connectivity index (χ0) is 12.6. The number of ether oxygens (including phenoxy) is 2. The summed E-state index contributed by atoms with van der Waals surface area (Å²) in [4.78, 5) is 11.9. The van der Waals surface area contributed by atoms with Crippen molar-refractivity contribution in [1.82, 2.24) is 0 Å². The average Bonchev–Trinajstić information content (AvgIpc) is 2.74. The Morgan fingerprint density at radius 1 is 1.00 bits per heavy atom. The Balaban J connectivity index is 2.24. The van der Waals surface area contributed by atoms with E-state index in [1.54, 1.807) is 13.2 Å².